The highest BCUT2D eigenvalue weighted by atomic mass is 17.2. The van der Waals surface area contributed by atoms with Crippen molar-refractivity contribution in [1.29, 1.82) is 0 Å². The van der Waals surface area contributed by atoms with Gasteiger partial charge in [0.25, 0.3) is 0 Å². The Labute approximate surface area is 115 Å². The van der Waals surface area contributed by atoms with Crippen molar-refractivity contribution in [3.05, 3.63) is 30.8 Å². The first-order chi connectivity index (χ1) is 9.85. The van der Waals surface area contributed by atoms with E-state index < -0.39 is 0 Å². The van der Waals surface area contributed by atoms with E-state index in [4.69, 9.17) is 14.0 Å². The van der Waals surface area contributed by atoms with Gasteiger partial charge in [-0.1, -0.05) is 0 Å². The number of hydrogen-bond donors (Lipinski definition) is 1. The number of methoxy groups -OCH3 is 1. The van der Waals surface area contributed by atoms with Gasteiger partial charge in [0.2, 0.25) is 6.11 Å². The summed E-state index contributed by atoms with van der Waals surface area (Å²) < 4.78 is 10.5. The molecule has 0 bridgehead atoms. The minimum Gasteiger partial charge on any atom is -0.496 e. The number of anilines is 1. The molecule has 1 N–H and O–H groups in total. The van der Waals surface area contributed by atoms with Gasteiger partial charge in [0.15, 0.2) is 18.3 Å². The molecule has 2 aromatic rings. The van der Waals surface area contributed by atoms with Gasteiger partial charge in [0, 0.05) is 6.07 Å². The molecule has 1 heterocycles. The fraction of sp³-hybridized carbons (Fsp3) is 0.154. The maximum Gasteiger partial charge on any atom is 0.203 e. The van der Waals surface area contributed by atoms with Gasteiger partial charge < -0.3 is 14.0 Å². The van der Waals surface area contributed by atoms with Crippen LogP contribution >= 0.6 is 0 Å². The van der Waals surface area contributed by atoms with Crippen molar-refractivity contribution in [2.75, 3.05) is 19.7 Å². The number of nitrogens with one attached hydrogen (secondary N) is 1. The van der Waals surface area contributed by atoms with Crippen molar-refractivity contribution in [1.82, 2.24) is 4.98 Å². The fourth-order valence-corrected chi connectivity index (χ4v) is 1.47. The van der Waals surface area contributed by atoms with Gasteiger partial charge in [0.1, 0.15) is 5.75 Å². The fourth-order valence-electron chi connectivity index (χ4n) is 1.47. The Balaban J connectivity index is 2.08. The first-order valence-corrected chi connectivity index (χ1v) is 5.53. The molecule has 0 radical (unpaired) electrons. The highest BCUT2D eigenvalue weighted by Crippen LogP contribution is 2.32. The molecule has 0 aliphatic carbocycles. The second kappa shape index (κ2) is 6.92. The van der Waals surface area contributed by atoms with Crippen molar-refractivity contribution in [3.63, 3.8) is 0 Å². The molecule has 104 valence electrons. The van der Waals surface area contributed by atoms with Crippen LogP contribution in [0.5, 0.6) is 5.75 Å². The predicted molar refractivity (Wildman–Crippen MR) is 69.1 cm³/mol. The highest BCUT2D eigenvalue weighted by Gasteiger charge is 2.09. The number of rotatable bonds is 5. The molecular formula is C13H12N2O5. The number of aromatic nitrogens is 1. The molecule has 1 aromatic carbocycles. The van der Waals surface area contributed by atoms with Crippen LogP contribution < -0.4 is 10.2 Å². The monoisotopic (exact) mass is 276 g/mol. The summed E-state index contributed by atoms with van der Waals surface area (Å²) in [7, 11) is 2.90. The van der Waals surface area contributed by atoms with E-state index in [-0.39, 0.29) is 0 Å². The smallest absolute Gasteiger partial charge is 0.203 e. The summed E-state index contributed by atoms with van der Waals surface area (Å²) >= 11 is 0. The molecule has 0 amide bonds. The van der Waals surface area contributed by atoms with E-state index in [1.54, 1.807) is 25.4 Å². The van der Waals surface area contributed by atoms with Gasteiger partial charge in [-0.2, -0.15) is 4.89 Å². The van der Waals surface area contributed by atoms with Crippen molar-refractivity contribution < 1.29 is 23.8 Å². The van der Waals surface area contributed by atoms with Crippen LogP contribution in [0.15, 0.2) is 35.2 Å². The molecular weight excluding hydrogens is 264 g/mol. The average molecular weight is 276 g/mol. The standard InChI is InChI=1S/C13H12N2O5/c1-16-12-7-10(15-19-5-6-20-17-2)3-4-11(12)13-8-14-9-18-13/h3-4,7-9,15H,1-2H3. The summed E-state index contributed by atoms with van der Waals surface area (Å²) in [6.45, 7) is 0. The van der Waals surface area contributed by atoms with Crippen LogP contribution in [-0.2, 0) is 14.6 Å². The van der Waals surface area contributed by atoms with Crippen LogP contribution in [0.3, 0.4) is 0 Å². The molecule has 0 spiro atoms. The van der Waals surface area contributed by atoms with E-state index in [0.717, 1.165) is 5.56 Å². The summed E-state index contributed by atoms with van der Waals surface area (Å²) in [6, 6.07) is 5.32. The lowest BCUT2D eigenvalue weighted by Gasteiger charge is -2.08. The van der Waals surface area contributed by atoms with Crippen LogP contribution in [0.25, 0.3) is 11.3 Å². The van der Waals surface area contributed by atoms with Crippen LogP contribution in [0.2, 0.25) is 0 Å². The lowest BCUT2D eigenvalue weighted by atomic mass is 10.1. The zero-order valence-corrected chi connectivity index (χ0v) is 10.9. The molecule has 0 unspecified atom stereocenters. The lowest BCUT2D eigenvalue weighted by molar-refractivity contribution is -0.210. The summed E-state index contributed by atoms with van der Waals surface area (Å²) in [6.07, 6.45) is 7.36. The van der Waals surface area contributed by atoms with E-state index in [1.807, 2.05) is 6.07 Å². The van der Waals surface area contributed by atoms with E-state index in [2.05, 4.69) is 32.5 Å². The minimum atomic E-state index is 0.608. The van der Waals surface area contributed by atoms with Crippen LogP contribution in [0.4, 0.5) is 5.69 Å². The Morgan fingerprint density at radius 3 is 2.85 bits per heavy atom. The van der Waals surface area contributed by atoms with Gasteiger partial charge in [0.05, 0.1) is 31.7 Å². The highest BCUT2D eigenvalue weighted by molar-refractivity contribution is 5.69. The third-order valence-electron chi connectivity index (χ3n) is 2.29. The Morgan fingerprint density at radius 2 is 2.15 bits per heavy atom. The molecule has 0 fully saturated rings. The van der Waals surface area contributed by atoms with E-state index in [1.165, 1.54) is 13.5 Å². The quantitative estimate of drug-likeness (QED) is 0.509. The molecule has 20 heavy (non-hydrogen) atoms. The van der Waals surface area contributed by atoms with Crippen molar-refractivity contribution >= 4 is 5.69 Å². The van der Waals surface area contributed by atoms with Crippen LogP contribution in [0.1, 0.15) is 0 Å². The Kier molecular flexibility index (Phi) is 4.70. The molecule has 0 saturated carbocycles. The topological polar surface area (TPSA) is 75.0 Å². The van der Waals surface area contributed by atoms with Gasteiger partial charge in [-0.05, 0) is 12.1 Å². The molecule has 0 aliphatic rings. The van der Waals surface area contributed by atoms with Crippen molar-refractivity contribution in [2.45, 2.75) is 0 Å². The summed E-state index contributed by atoms with van der Waals surface area (Å²) in [5.41, 5.74) is 4.05. The first kappa shape index (κ1) is 13.6. The van der Waals surface area contributed by atoms with Gasteiger partial charge in [-0.3, -0.25) is 4.89 Å². The van der Waals surface area contributed by atoms with Gasteiger partial charge in [-0.25, -0.2) is 10.5 Å². The zero-order valence-electron chi connectivity index (χ0n) is 10.9. The molecule has 2 rings (SSSR count). The molecule has 7 heteroatoms. The van der Waals surface area contributed by atoms with E-state index >= 15 is 0 Å². The van der Waals surface area contributed by atoms with E-state index in [0.29, 0.717) is 17.2 Å². The second-order valence-electron chi connectivity index (χ2n) is 3.44. The number of hydrogen-bond acceptors (Lipinski definition) is 7. The van der Waals surface area contributed by atoms with Crippen molar-refractivity contribution in [3.8, 4) is 29.3 Å². The average Bonchev–Trinajstić information content (AvgIpc) is 3.01. The lowest BCUT2D eigenvalue weighted by Crippen LogP contribution is -1.97. The Bertz CT molecular complexity index is 601. The Morgan fingerprint density at radius 1 is 1.25 bits per heavy atom. The first-order valence-electron chi connectivity index (χ1n) is 5.53. The maximum atomic E-state index is 5.29. The van der Waals surface area contributed by atoms with Crippen LogP contribution in [0, 0.1) is 12.2 Å². The number of ether oxygens (including phenoxy) is 1. The summed E-state index contributed by atoms with van der Waals surface area (Å²) in [4.78, 5) is 17.3. The summed E-state index contributed by atoms with van der Waals surface area (Å²) in [5.74, 6) is 1.22. The predicted octanol–water partition coefficient (Wildman–Crippen LogP) is 2.19. The summed E-state index contributed by atoms with van der Waals surface area (Å²) in [5, 5.41) is 0. The molecule has 0 aliphatic heterocycles. The van der Waals surface area contributed by atoms with E-state index in [9.17, 15) is 0 Å². The number of oxazole rings is 1. The molecule has 1 aromatic heterocycles. The third-order valence-corrected chi connectivity index (χ3v) is 2.29. The number of nitrogens with zero attached hydrogens (tertiary/aromatic N) is 1. The van der Waals surface area contributed by atoms with Gasteiger partial charge in [-0.15, -0.1) is 0 Å². The van der Waals surface area contributed by atoms with Gasteiger partial charge >= 0.3 is 0 Å². The minimum absolute atomic E-state index is 0.608. The zero-order chi connectivity index (χ0) is 14.2. The SMILES string of the molecule is COOC#CONc1ccc(-c2cnco2)c(OC)c1. The molecule has 0 atom stereocenters. The third kappa shape index (κ3) is 3.34. The Hall–Kier alpha value is -2.85. The van der Waals surface area contributed by atoms with Crippen LogP contribution in [-0.4, -0.2) is 19.2 Å². The second-order valence-corrected chi connectivity index (χ2v) is 3.44. The molecule has 0 saturated heterocycles. The largest absolute Gasteiger partial charge is 0.496 e. The normalized spacial score (nSPS) is 9.30. The molecule has 7 nitrogen and oxygen atoms in total. The maximum absolute atomic E-state index is 5.29. The number of benzene rings is 1. The van der Waals surface area contributed by atoms with Crippen molar-refractivity contribution in [2.24, 2.45) is 0 Å².